The largest absolute Gasteiger partial charge is 0.457 e. The highest BCUT2D eigenvalue weighted by Crippen LogP contribution is 2.42. The zero-order valence-electron chi connectivity index (χ0n) is 36.5. The second kappa shape index (κ2) is 16.4. The van der Waals surface area contributed by atoms with Crippen molar-refractivity contribution < 1.29 is 4.74 Å². The number of hydrogen-bond donors (Lipinski definition) is 0. The van der Waals surface area contributed by atoms with Crippen LogP contribution in [0.2, 0.25) is 0 Å². The second-order valence-corrected chi connectivity index (χ2v) is 17.5. The third-order valence-electron chi connectivity index (χ3n) is 11.9. The van der Waals surface area contributed by atoms with Crippen molar-refractivity contribution in [2.24, 2.45) is 0 Å². The molecule has 0 amide bonds. The third kappa shape index (κ3) is 7.43. The maximum Gasteiger partial charge on any atom is 0.145 e. The Kier molecular flexibility index (Phi) is 10.7. The number of imidazole rings is 2. The molecule has 2 aromatic heterocycles. The summed E-state index contributed by atoms with van der Waals surface area (Å²) in [4.78, 5) is 10.6. The molecule has 0 unspecified atom stereocenters. The van der Waals surface area contributed by atoms with Crippen LogP contribution in [0.3, 0.4) is 0 Å². The van der Waals surface area contributed by atoms with Gasteiger partial charge in [0.05, 0.1) is 33.4 Å². The minimum absolute atomic E-state index is 0.274. The van der Waals surface area contributed by atoms with Gasteiger partial charge in [0, 0.05) is 11.1 Å². The van der Waals surface area contributed by atoms with E-state index in [4.69, 9.17) is 14.7 Å². The van der Waals surface area contributed by atoms with E-state index in [1.54, 1.807) is 0 Å². The topological polar surface area (TPSA) is 44.9 Å². The molecule has 0 bridgehead atoms. The monoisotopic (exact) mass is 798 g/mol. The molecular formula is C56H54N4O. The van der Waals surface area contributed by atoms with Crippen LogP contribution in [0.5, 0.6) is 11.5 Å². The number of ether oxygens (including phenoxy) is 1. The van der Waals surface area contributed by atoms with Crippen LogP contribution in [0.1, 0.15) is 101 Å². The summed E-state index contributed by atoms with van der Waals surface area (Å²) in [6.07, 6.45) is 0. The first kappa shape index (κ1) is 39.7. The Balaban J connectivity index is 1.15. The fourth-order valence-corrected chi connectivity index (χ4v) is 8.81. The minimum Gasteiger partial charge on any atom is -0.457 e. The molecule has 304 valence electrons. The summed E-state index contributed by atoms with van der Waals surface area (Å²) in [5.41, 5.74) is 16.1. The van der Waals surface area contributed by atoms with Crippen molar-refractivity contribution >= 4 is 22.1 Å². The van der Waals surface area contributed by atoms with E-state index in [-0.39, 0.29) is 11.8 Å². The van der Waals surface area contributed by atoms with Gasteiger partial charge in [-0.05, 0) is 118 Å². The van der Waals surface area contributed by atoms with Gasteiger partial charge in [-0.2, -0.15) is 0 Å². The van der Waals surface area contributed by atoms with Gasteiger partial charge in [0.15, 0.2) is 0 Å². The minimum atomic E-state index is 0.274. The highest BCUT2D eigenvalue weighted by molar-refractivity contribution is 5.86. The van der Waals surface area contributed by atoms with Gasteiger partial charge in [0.1, 0.15) is 23.1 Å². The molecule has 0 aliphatic rings. The van der Waals surface area contributed by atoms with Gasteiger partial charge in [-0.1, -0.05) is 152 Å². The van der Waals surface area contributed by atoms with Gasteiger partial charge >= 0.3 is 0 Å². The molecule has 5 nitrogen and oxygen atoms in total. The summed E-state index contributed by atoms with van der Waals surface area (Å²) in [5.74, 6) is 4.47. The molecule has 0 saturated heterocycles. The number of benzene rings is 7. The molecule has 7 aromatic carbocycles. The second-order valence-electron chi connectivity index (χ2n) is 17.5. The Morgan fingerprint density at radius 1 is 0.361 bits per heavy atom. The van der Waals surface area contributed by atoms with E-state index in [1.807, 2.05) is 12.1 Å². The van der Waals surface area contributed by atoms with E-state index >= 15 is 0 Å². The van der Waals surface area contributed by atoms with Gasteiger partial charge < -0.3 is 4.74 Å². The standard InChI is InChI=1S/C56H54N4O/c1-35(2)45-25-18-26-46(36(3)4)53(45)59-51-29-14-12-27-49(51)57-55(59)40-21-16-23-43(31-40)61-44-24-17-22-41(32-44)56-58-50-28-13-15-30-52(50)60(56)54-47(37(5)6)33-42(34-48(54)38(7)8)39-19-10-9-11-20-39/h9-38H,1-8H3. The maximum absolute atomic E-state index is 6.78. The molecule has 0 atom stereocenters. The highest BCUT2D eigenvalue weighted by Gasteiger charge is 2.25. The number of aromatic nitrogens is 4. The van der Waals surface area contributed by atoms with Crippen LogP contribution in [0, 0.1) is 0 Å². The summed E-state index contributed by atoms with van der Waals surface area (Å²) in [7, 11) is 0. The van der Waals surface area contributed by atoms with Gasteiger partial charge in [0.25, 0.3) is 0 Å². The first-order chi connectivity index (χ1) is 29.6. The first-order valence-electron chi connectivity index (χ1n) is 21.8. The number of nitrogens with zero attached hydrogens (tertiary/aromatic N) is 4. The van der Waals surface area contributed by atoms with Gasteiger partial charge in [-0.3, -0.25) is 9.13 Å². The molecule has 0 fully saturated rings. The van der Waals surface area contributed by atoms with E-state index in [9.17, 15) is 0 Å². The molecule has 0 spiro atoms. The average Bonchev–Trinajstić information content (AvgIpc) is 3.85. The molecule has 9 aromatic rings. The van der Waals surface area contributed by atoms with E-state index in [1.165, 1.54) is 44.8 Å². The fourth-order valence-electron chi connectivity index (χ4n) is 8.81. The summed E-state index contributed by atoms with van der Waals surface area (Å²) >= 11 is 0. The number of para-hydroxylation sites is 5. The lowest BCUT2D eigenvalue weighted by atomic mass is 9.88. The lowest BCUT2D eigenvalue weighted by Crippen LogP contribution is -2.09. The SMILES string of the molecule is CC(C)c1cccc(C(C)C)c1-n1c(-c2cccc(Oc3cccc(-c4nc5ccccc5n4-c4c(C(C)C)cc(-c5ccccc5)cc4C(C)C)c3)c2)nc2ccccc21. The molecule has 61 heavy (non-hydrogen) atoms. The molecule has 0 radical (unpaired) electrons. The zero-order valence-corrected chi connectivity index (χ0v) is 36.5. The molecule has 0 aliphatic heterocycles. The van der Waals surface area contributed by atoms with Gasteiger partial charge in [-0.25, -0.2) is 9.97 Å². The van der Waals surface area contributed by atoms with Crippen molar-refractivity contribution in [3.8, 4) is 56.8 Å². The van der Waals surface area contributed by atoms with Crippen molar-refractivity contribution in [3.63, 3.8) is 0 Å². The first-order valence-corrected chi connectivity index (χ1v) is 21.8. The molecule has 9 rings (SSSR count). The van der Waals surface area contributed by atoms with E-state index in [0.717, 1.165) is 56.3 Å². The number of rotatable bonds is 11. The average molecular weight is 799 g/mol. The Morgan fingerprint density at radius 2 is 0.754 bits per heavy atom. The third-order valence-corrected chi connectivity index (χ3v) is 11.9. The summed E-state index contributed by atoms with van der Waals surface area (Å²) in [6.45, 7) is 18.3. The predicted octanol–water partition coefficient (Wildman–Crippen LogP) is 15.7. The van der Waals surface area contributed by atoms with E-state index in [0.29, 0.717) is 11.8 Å². The van der Waals surface area contributed by atoms with Crippen molar-refractivity contribution in [2.45, 2.75) is 79.1 Å². The van der Waals surface area contributed by atoms with Crippen LogP contribution >= 0.6 is 0 Å². The molecule has 0 N–H and O–H groups in total. The summed E-state index contributed by atoms with van der Waals surface area (Å²) in [6, 6.07) is 55.8. The normalized spacial score (nSPS) is 11.9. The Labute approximate surface area is 360 Å². The lowest BCUT2D eigenvalue weighted by molar-refractivity contribution is 0.483. The highest BCUT2D eigenvalue weighted by atomic mass is 16.5. The van der Waals surface area contributed by atoms with Crippen molar-refractivity contribution in [1.82, 2.24) is 19.1 Å². The van der Waals surface area contributed by atoms with Crippen molar-refractivity contribution in [2.75, 3.05) is 0 Å². The Hall–Kier alpha value is -6.72. The van der Waals surface area contributed by atoms with Crippen LogP contribution in [0.25, 0.3) is 67.3 Å². The maximum atomic E-state index is 6.78. The summed E-state index contributed by atoms with van der Waals surface area (Å²) in [5, 5.41) is 0. The Morgan fingerprint density at radius 3 is 1.21 bits per heavy atom. The smallest absolute Gasteiger partial charge is 0.145 e. The van der Waals surface area contributed by atoms with Crippen LogP contribution in [0.4, 0.5) is 0 Å². The van der Waals surface area contributed by atoms with Crippen LogP contribution in [-0.2, 0) is 0 Å². The predicted molar refractivity (Wildman–Crippen MR) is 255 cm³/mol. The molecule has 0 aliphatic carbocycles. The molecular weight excluding hydrogens is 745 g/mol. The fraction of sp³-hybridized carbons (Fsp3) is 0.214. The van der Waals surface area contributed by atoms with E-state index < -0.39 is 0 Å². The number of hydrogen-bond acceptors (Lipinski definition) is 3. The molecule has 0 saturated carbocycles. The van der Waals surface area contributed by atoms with Gasteiger partial charge in [-0.15, -0.1) is 0 Å². The zero-order chi connectivity index (χ0) is 42.4. The van der Waals surface area contributed by atoms with Crippen LogP contribution in [0.15, 0.2) is 158 Å². The number of fused-ring (bicyclic) bond motifs is 2. The Bertz CT molecular complexity index is 2960. The molecule has 2 heterocycles. The lowest BCUT2D eigenvalue weighted by Gasteiger charge is -2.24. The summed E-state index contributed by atoms with van der Waals surface area (Å²) < 4.78 is 11.5. The van der Waals surface area contributed by atoms with Crippen molar-refractivity contribution in [1.29, 1.82) is 0 Å². The van der Waals surface area contributed by atoms with Crippen molar-refractivity contribution in [3.05, 3.63) is 180 Å². The quantitative estimate of drug-likeness (QED) is 0.131. The van der Waals surface area contributed by atoms with Crippen LogP contribution < -0.4 is 4.74 Å². The molecule has 5 heteroatoms. The van der Waals surface area contributed by atoms with Crippen LogP contribution in [-0.4, -0.2) is 19.1 Å². The van der Waals surface area contributed by atoms with E-state index in [2.05, 4.69) is 210 Å². The van der Waals surface area contributed by atoms with Gasteiger partial charge in [0.2, 0.25) is 0 Å².